The van der Waals surface area contributed by atoms with Crippen LogP contribution in [0.5, 0.6) is 0 Å². The molecule has 1 aromatic carbocycles. The van der Waals surface area contributed by atoms with E-state index in [1.807, 2.05) is 6.07 Å². The Morgan fingerprint density at radius 2 is 1.94 bits per heavy atom. The van der Waals surface area contributed by atoms with E-state index in [1.165, 1.54) is 12.3 Å². The summed E-state index contributed by atoms with van der Waals surface area (Å²) in [5, 5.41) is 29.0. The average Bonchev–Trinajstić information content (AvgIpc) is 2.31. The van der Waals surface area contributed by atoms with Crippen LogP contribution in [0.4, 0.5) is 5.69 Å². The van der Waals surface area contributed by atoms with Crippen molar-refractivity contribution in [2.75, 3.05) is 5.32 Å². The molecule has 2 N–H and O–H groups in total. The first kappa shape index (κ1) is 13.3. The number of carboxylic acid groups (broad SMARTS) is 1. The van der Waals surface area contributed by atoms with Gasteiger partial charge in [0.2, 0.25) is 0 Å². The maximum Gasteiger partial charge on any atom is 0.337 e. The van der Waals surface area contributed by atoms with Gasteiger partial charge in [-0.3, -0.25) is 0 Å². The summed E-state index contributed by atoms with van der Waals surface area (Å²) in [5.74, 6) is -1.06. The van der Waals surface area contributed by atoms with Gasteiger partial charge < -0.3 is 10.4 Å². The fraction of sp³-hybridized carbons (Fsp3) is 0.154. The van der Waals surface area contributed by atoms with Crippen LogP contribution in [0.2, 0.25) is 0 Å². The lowest BCUT2D eigenvalue weighted by molar-refractivity contribution is 0.0698. The van der Waals surface area contributed by atoms with Crippen LogP contribution >= 0.6 is 0 Å². The molecule has 0 fully saturated rings. The summed E-state index contributed by atoms with van der Waals surface area (Å²) in [6.45, 7) is 3.56. The van der Waals surface area contributed by atoms with Crippen LogP contribution in [0.25, 0.3) is 0 Å². The van der Waals surface area contributed by atoms with Gasteiger partial charge in [-0.2, -0.15) is 10.5 Å². The first-order valence-electron chi connectivity index (χ1n) is 5.11. The van der Waals surface area contributed by atoms with E-state index in [-0.39, 0.29) is 11.1 Å². The molecule has 0 saturated carbocycles. The second kappa shape index (κ2) is 5.51. The third-order valence-corrected chi connectivity index (χ3v) is 2.31. The minimum Gasteiger partial charge on any atom is -0.478 e. The summed E-state index contributed by atoms with van der Waals surface area (Å²) < 4.78 is 0. The predicted octanol–water partition coefficient (Wildman–Crippen LogP) is 2.34. The average molecular weight is 241 g/mol. The van der Waals surface area contributed by atoms with Gasteiger partial charge in [-0.1, -0.05) is 6.07 Å². The number of aryl methyl sites for hydroxylation is 2. The Morgan fingerprint density at radius 3 is 2.44 bits per heavy atom. The van der Waals surface area contributed by atoms with Crippen molar-refractivity contribution < 1.29 is 9.90 Å². The summed E-state index contributed by atoms with van der Waals surface area (Å²) in [4.78, 5) is 11.1. The second-order valence-corrected chi connectivity index (χ2v) is 3.74. The number of rotatable bonds is 3. The van der Waals surface area contributed by atoms with Crippen molar-refractivity contribution in [3.63, 3.8) is 0 Å². The molecule has 0 saturated heterocycles. The highest BCUT2D eigenvalue weighted by molar-refractivity contribution is 5.95. The molecule has 0 heterocycles. The van der Waals surface area contributed by atoms with Gasteiger partial charge in [-0.05, 0) is 31.0 Å². The molecule has 0 spiro atoms. The normalized spacial score (nSPS) is 8.89. The maximum atomic E-state index is 11.1. The number of nitriles is 2. The van der Waals surface area contributed by atoms with Crippen LogP contribution in [-0.2, 0) is 0 Å². The first-order chi connectivity index (χ1) is 8.49. The minimum absolute atomic E-state index is 0.110. The molecule has 0 amide bonds. The third kappa shape index (κ3) is 2.87. The number of allylic oxidation sites excluding steroid dienone is 1. The molecule has 0 unspecified atom stereocenters. The van der Waals surface area contributed by atoms with Crippen LogP contribution in [0.1, 0.15) is 21.5 Å². The molecule has 0 aromatic heterocycles. The standard InChI is InChI=1S/C13H11N3O2/c1-8-3-9(2)12(11(4-8)13(17)18)16-7-10(5-14)6-15/h3-4,7,16H,1-2H3,(H,17,18). The zero-order valence-electron chi connectivity index (χ0n) is 9.98. The van der Waals surface area contributed by atoms with Gasteiger partial charge in [0.15, 0.2) is 0 Å². The minimum atomic E-state index is -1.06. The third-order valence-electron chi connectivity index (χ3n) is 2.31. The summed E-state index contributed by atoms with van der Waals surface area (Å²) in [7, 11) is 0. The van der Waals surface area contributed by atoms with E-state index in [9.17, 15) is 4.79 Å². The van der Waals surface area contributed by atoms with E-state index in [2.05, 4.69) is 5.32 Å². The van der Waals surface area contributed by atoms with E-state index < -0.39 is 5.97 Å². The van der Waals surface area contributed by atoms with Crippen LogP contribution in [0, 0.1) is 36.5 Å². The van der Waals surface area contributed by atoms with E-state index in [0.717, 1.165) is 11.1 Å². The van der Waals surface area contributed by atoms with Gasteiger partial charge in [0.1, 0.15) is 17.7 Å². The molecule has 5 heteroatoms. The summed E-state index contributed by atoms with van der Waals surface area (Å²) in [5.41, 5.74) is 1.94. The second-order valence-electron chi connectivity index (χ2n) is 3.74. The topological polar surface area (TPSA) is 96.9 Å². The molecule has 18 heavy (non-hydrogen) atoms. The molecule has 1 aromatic rings. The molecule has 0 bridgehead atoms. The fourth-order valence-corrected chi connectivity index (χ4v) is 1.56. The molecule has 0 atom stereocenters. The fourth-order valence-electron chi connectivity index (χ4n) is 1.56. The largest absolute Gasteiger partial charge is 0.478 e. The SMILES string of the molecule is Cc1cc(C)c(NC=C(C#N)C#N)c(C(=O)O)c1. The van der Waals surface area contributed by atoms with Crippen molar-refractivity contribution in [2.24, 2.45) is 0 Å². The van der Waals surface area contributed by atoms with Gasteiger partial charge in [0.25, 0.3) is 0 Å². The van der Waals surface area contributed by atoms with Crippen molar-refractivity contribution in [2.45, 2.75) is 13.8 Å². The number of hydrogen-bond acceptors (Lipinski definition) is 4. The molecule has 1 rings (SSSR count). The van der Waals surface area contributed by atoms with Crippen LogP contribution < -0.4 is 5.32 Å². The highest BCUT2D eigenvalue weighted by Gasteiger charge is 2.12. The Morgan fingerprint density at radius 1 is 1.33 bits per heavy atom. The number of nitrogens with zero attached hydrogens (tertiary/aromatic N) is 2. The Kier molecular flexibility index (Phi) is 4.07. The molecule has 0 aliphatic rings. The lowest BCUT2D eigenvalue weighted by atomic mass is 10.0. The number of aromatic carboxylic acids is 1. The van der Waals surface area contributed by atoms with Crippen molar-refractivity contribution in [3.8, 4) is 12.1 Å². The first-order valence-corrected chi connectivity index (χ1v) is 5.11. The number of benzene rings is 1. The summed E-state index contributed by atoms with van der Waals surface area (Å²) >= 11 is 0. The van der Waals surface area contributed by atoms with Gasteiger partial charge >= 0.3 is 5.97 Å². The lowest BCUT2D eigenvalue weighted by Crippen LogP contribution is -2.05. The zero-order chi connectivity index (χ0) is 13.7. The van der Waals surface area contributed by atoms with Crippen molar-refractivity contribution in [1.29, 1.82) is 10.5 Å². The highest BCUT2D eigenvalue weighted by Crippen LogP contribution is 2.23. The number of nitrogens with one attached hydrogen (secondary N) is 1. The van der Waals surface area contributed by atoms with Gasteiger partial charge in [-0.15, -0.1) is 0 Å². The van der Waals surface area contributed by atoms with E-state index in [0.29, 0.717) is 5.69 Å². The van der Waals surface area contributed by atoms with Gasteiger partial charge in [-0.25, -0.2) is 4.79 Å². The smallest absolute Gasteiger partial charge is 0.337 e. The molecule has 90 valence electrons. The molecular formula is C13H11N3O2. The number of carboxylic acids is 1. The Balaban J connectivity index is 3.26. The Bertz CT molecular complexity index is 588. The quantitative estimate of drug-likeness (QED) is 0.791. The molecular weight excluding hydrogens is 230 g/mol. The van der Waals surface area contributed by atoms with Gasteiger partial charge in [0, 0.05) is 6.20 Å². The van der Waals surface area contributed by atoms with Crippen LogP contribution in [0.3, 0.4) is 0 Å². The molecule has 0 radical (unpaired) electrons. The molecule has 5 nitrogen and oxygen atoms in total. The molecule has 0 aliphatic heterocycles. The summed E-state index contributed by atoms with van der Waals surface area (Å²) in [6, 6.07) is 6.74. The van der Waals surface area contributed by atoms with Crippen LogP contribution in [-0.4, -0.2) is 11.1 Å². The zero-order valence-corrected chi connectivity index (χ0v) is 9.98. The van der Waals surface area contributed by atoms with E-state index >= 15 is 0 Å². The van der Waals surface area contributed by atoms with Crippen molar-refractivity contribution in [3.05, 3.63) is 40.6 Å². The number of carbonyl (C=O) groups is 1. The highest BCUT2D eigenvalue weighted by atomic mass is 16.4. The van der Waals surface area contributed by atoms with Gasteiger partial charge in [0.05, 0.1) is 11.3 Å². The monoisotopic (exact) mass is 241 g/mol. The molecule has 0 aliphatic carbocycles. The lowest BCUT2D eigenvalue weighted by Gasteiger charge is -2.10. The Labute approximate surface area is 105 Å². The maximum absolute atomic E-state index is 11.1. The Hall–Kier alpha value is -2.79. The number of anilines is 1. The van der Waals surface area contributed by atoms with E-state index in [1.54, 1.807) is 26.0 Å². The van der Waals surface area contributed by atoms with E-state index in [4.69, 9.17) is 15.6 Å². The summed E-state index contributed by atoms with van der Waals surface area (Å²) in [6.07, 6.45) is 1.20. The van der Waals surface area contributed by atoms with Crippen molar-refractivity contribution in [1.82, 2.24) is 0 Å². The predicted molar refractivity (Wildman–Crippen MR) is 65.8 cm³/mol. The number of hydrogen-bond donors (Lipinski definition) is 2. The van der Waals surface area contributed by atoms with Crippen molar-refractivity contribution >= 4 is 11.7 Å². The van der Waals surface area contributed by atoms with Crippen LogP contribution in [0.15, 0.2) is 23.9 Å².